The molecule has 206 valence electrons. The molecule has 0 heterocycles. The van der Waals surface area contributed by atoms with Crippen molar-refractivity contribution in [2.24, 2.45) is 0 Å². The molecular weight excluding hydrogens is 503 g/mol. The van der Waals surface area contributed by atoms with Gasteiger partial charge in [-0.25, -0.2) is 0 Å². The van der Waals surface area contributed by atoms with Crippen molar-refractivity contribution in [2.45, 2.75) is 60.8 Å². The molecule has 0 N–H and O–H groups in total. The van der Waals surface area contributed by atoms with E-state index in [-0.39, 0.29) is 0 Å². The molecule has 0 saturated carbocycles. The highest BCUT2D eigenvalue weighted by molar-refractivity contribution is 7.49. The van der Waals surface area contributed by atoms with Crippen LogP contribution in [0.4, 0.5) is 0 Å². The van der Waals surface area contributed by atoms with Crippen LogP contribution in [-0.4, -0.2) is 21.3 Å². The van der Waals surface area contributed by atoms with Gasteiger partial charge < -0.3 is 27.8 Å². The Labute approximate surface area is 226 Å². The van der Waals surface area contributed by atoms with Crippen molar-refractivity contribution in [3.8, 4) is 34.5 Å². The molecule has 7 nitrogen and oxygen atoms in total. The van der Waals surface area contributed by atoms with Gasteiger partial charge in [0.1, 0.15) is 34.5 Å². The first kappa shape index (κ1) is 29.2. The molecule has 0 aliphatic carbocycles. The number of hydrogen-bond acceptors (Lipinski definition) is 7. The lowest BCUT2D eigenvalue weighted by Gasteiger charge is -2.25. The van der Waals surface area contributed by atoms with E-state index in [0.717, 1.165) is 33.4 Å². The molecule has 3 rings (SSSR count). The predicted octanol–water partition coefficient (Wildman–Crippen LogP) is 7.97. The summed E-state index contributed by atoms with van der Waals surface area (Å²) in [6, 6.07) is 10.9. The first-order chi connectivity index (χ1) is 18.2. The minimum Gasteiger partial charge on any atom is -0.496 e. The SMILES string of the molecule is CCc1c(OP(=O)(Oc2ccc(C)c(OC)c2CC)Oc2ccc(C)c(OC)c2CC)ccc(C)c1OC. The molecule has 0 unspecified atom stereocenters. The molecule has 8 heteroatoms. The van der Waals surface area contributed by atoms with Gasteiger partial charge in [-0.3, -0.25) is 0 Å². The maximum atomic E-state index is 14.6. The minimum atomic E-state index is -4.31. The van der Waals surface area contributed by atoms with Crippen molar-refractivity contribution in [3.63, 3.8) is 0 Å². The lowest BCUT2D eigenvalue weighted by Crippen LogP contribution is -2.12. The van der Waals surface area contributed by atoms with Crippen LogP contribution in [0, 0.1) is 20.8 Å². The van der Waals surface area contributed by atoms with E-state index in [1.54, 1.807) is 39.5 Å². The van der Waals surface area contributed by atoms with Crippen molar-refractivity contribution in [3.05, 3.63) is 69.8 Å². The molecule has 0 aliphatic heterocycles. The van der Waals surface area contributed by atoms with Crippen LogP contribution in [0.15, 0.2) is 36.4 Å². The average molecular weight is 543 g/mol. The van der Waals surface area contributed by atoms with Gasteiger partial charge in [0.2, 0.25) is 0 Å². The third-order valence-electron chi connectivity index (χ3n) is 6.55. The molecule has 0 aromatic heterocycles. The second-order valence-electron chi connectivity index (χ2n) is 8.96. The van der Waals surface area contributed by atoms with Crippen LogP contribution in [0.2, 0.25) is 0 Å². The summed E-state index contributed by atoms with van der Waals surface area (Å²) in [4.78, 5) is 0. The Balaban J connectivity index is 2.19. The Morgan fingerprint density at radius 2 is 0.789 bits per heavy atom. The summed E-state index contributed by atoms with van der Waals surface area (Å²) in [6.07, 6.45) is 1.78. The third-order valence-corrected chi connectivity index (χ3v) is 7.81. The molecule has 3 aromatic rings. The number of benzene rings is 3. The van der Waals surface area contributed by atoms with Crippen LogP contribution in [0.1, 0.15) is 54.2 Å². The highest BCUT2D eigenvalue weighted by Gasteiger charge is 2.37. The van der Waals surface area contributed by atoms with Gasteiger partial charge in [-0.1, -0.05) is 39.0 Å². The van der Waals surface area contributed by atoms with Crippen LogP contribution in [0.5, 0.6) is 34.5 Å². The van der Waals surface area contributed by atoms with Crippen molar-refractivity contribution in [1.29, 1.82) is 0 Å². The molecule has 0 fully saturated rings. The van der Waals surface area contributed by atoms with Gasteiger partial charge in [0.05, 0.1) is 21.3 Å². The van der Waals surface area contributed by atoms with Gasteiger partial charge in [-0.2, -0.15) is 4.57 Å². The predicted molar refractivity (Wildman–Crippen MR) is 151 cm³/mol. The van der Waals surface area contributed by atoms with Crippen molar-refractivity contribution in [1.82, 2.24) is 0 Å². The largest absolute Gasteiger partial charge is 0.647 e. The smallest absolute Gasteiger partial charge is 0.496 e. The number of phosphoric acid groups is 1. The Bertz CT molecular complexity index is 1170. The third kappa shape index (κ3) is 5.88. The van der Waals surface area contributed by atoms with E-state index in [9.17, 15) is 4.57 Å². The van der Waals surface area contributed by atoms with Crippen LogP contribution in [-0.2, 0) is 23.8 Å². The molecule has 0 amide bonds. The van der Waals surface area contributed by atoms with Gasteiger partial charge in [0.25, 0.3) is 0 Å². The van der Waals surface area contributed by atoms with Gasteiger partial charge in [-0.05, 0) is 74.9 Å². The zero-order chi connectivity index (χ0) is 28.0. The Morgan fingerprint density at radius 1 is 0.526 bits per heavy atom. The first-order valence-corrected chi connectivity index (χ1v) is 14.3. The summed E-state index contributed by atoms with van der Waals surface area (Å²) in [7, 11) is 0.513. The van der Waals surface area contributed by atoms with Crippen molar-refractivity contribution >= 4 is 7.82 Å². The zero-order valence-corrected chi connectivity index (χ0v) is 24.8. The molecule has 0 radical (unpaired) electrons. The van der Waals surface area contributed by atoms with E-state index in [2.05, 4.69) is 0 Å². The topological polar surface area (TPSA) is 72.5 Å². The van der Waals surface area contributed by atoms with E-state index >= 15 is 0 Å². The van der Waals surface area contributed by atoms with Gasteiger partial charge in [0.15, 0.2) is 0 Å². The highest BCUT2D eigenvalue weighted by Crippen LogP contribution is 2.54. The number of hydrogen-bond donors (Lipinski definition) is 0. The van der Waals surface area contributed by atoms with Gasteiger partial charge >= 0.3 is 7.82 Å². The monoisotopic (exact) mass is 542 g/mol. The molecule has 3 aromatic carbocycles. The quantitative estimate of drug-likeness (QED) is 0.215. The molecular formula is C30H39O7P. The Morgan fingerprint density at radius 3 is 1.00 bits per heavy atom. The fourth-order valence-corrected chi connectivity index (χ4v) is 6.06. The van der Waals surface area contributed by atoms with E-state index in [4.69, 9.17) is 27.8 Å². The summed E-state index contributed by atoms with van der Waals surface area (Å²) in [5.74, 6) is 3.13. The summed E-state index contributed by atoms with van der Waals surface area (Å²) >= 11 is 0. The number of rotatable bonds is 12. The Hall–Kier alpha value is -3.31. The summed E-state index contributed by atoms with van der Waals surface area (Å²) in [5.41, 5.74) is 5.15. The van der Waals surface area contributed by atoms with Crippen LogP contribution >= 0.6 is 7.82 Å². The van der Waals surface area contributed by atoms with E-state index in [1.165, 1.54) is 0 Å². The normalized spacial score (nSPS) is 11.2. The second kappa shape index (κ2) is 12.5. The number of ether oxygens (including phenoxy) is 3. The number of aryl methyl sites for hydroxylation is 3. The average Bonchev–Trinajstić information content (AvgIpc) is 2.90. The molecule has 0 aliphatic rings. The summed E-state index contributed by atoms with van der Waals surface area (Å²) in [5, 5.41) is 0. The summed E-state index contributed by atoms with van der Waals surface area (Å²) in [6.45, 7) is 11.8. The van der Waals surface area contributed by atoms with Crippen molar-refractivity contribution in [2.75, 3.05) is 21.3 Å². The standard InChI is InChI=1S/C30H39O7P/c1-10-22-25(16-13-19(4)28(22)32-7)35-38(31,36-26-17-14-20(5)29(33-8)23(26)11-2)37-27-18-15-21(6)30(34-9)24(27)12-3/h13-18H,10-12H2,1-9H3. The molecule has 0 saturated heterocycles. The van der Waals surface area contributed by atoms with E-state index in [1.807, 2.05) is 59.7 Å². The van der Waals surface area contributed by atoms with E-state index in [0.29, 0.717) is 53.8 Å². The van der Waals surface area contributed by atoms with Crippen LogP contribution < -0.4 is 27.8 Å². The zero-order valence-electron chi connectivity index (χ0n) is 23.9. The number of phosphoric ester groups is 1. The molecule has 0 bridgehead atoms. The first-order valence-electron chi connectivity index (χ1n) is 12.8. The van der Waals surface area contributed by atoms with Crippen LogP contribution in [0.25, 0.3) is 0 Å². The molecule has 0 atom stereocenters. The lowest BCUT2D eigenvalue weighted by atomic mass is 10.1. The molecule has 38 heavy (non-hydrogen) atoms. The van der Waals surface area contributed by atoms with Gasteiger partial charge in [0, 0.05) is 16.7 Å². The molecule has 0 spiro atoms. The van der Waals surface area contributed by atoms with Gasteiger partial charge in [-0.15, -0.1) is 0 Å². The maximum Gasteiger partial charge on any atom is 0.647 e. The second-order valence-corrected chi connectivity index (χ2v) is 10.4. The Kier molecular flexibility index (Phi) is 9.61. The fourth-order valence-electron chi connectivity index (χ4n) is 4.71. The minimum absolute atomic E-state index is 0.368. The highest BCUT2D eigenvalue weighted by atomic mass is 31.2. The summed E-state index contributed by atoms with van der Waals surface area (Å²) < 4.78 is 50.0. The van der Waals surface area contributed by atoms with Crippen molar-refractivity contribution < 1.29 is 32.3 Å². The van der Waals surface area contributed by atoms with E-state index < -0.39 is 7.82 Å². The fraction of sp³-hybridized carbons (Fsp3) is 0.400. The number of methoxy groups -OCH3 is 3. The maximum absolute atomic E-state index is 14.6. The van der Waals surface area contributed by atoms with Crippen LogP contribution in [0.3, 0.4) is 0 Å². The lowest BCUT2D eigenvalue weighted by molar-refractivity contribution is 0.292.